The fourth-order valence-electron chi connectivity index (χ4n) is 4.26. The summed E-state index contributed by atoms with van der Waals surface area (Å²) in [5.41, 5.74) is 6.18. The van der Waals surface area contributed by atoms with Gasteiger partial charge in [0.15, 0.2) is 0 Å². The Hall–Kier alpha value is -1.90. The van der Waals surface area contributed by atoms with Crippen molar-refractivity contribution in [2.75, 3.05) is 0 Å². The van der Waals surface area contributed by atoms with Crippen molar-refractivity contribution in [2.45, 2.75) is 37.3 Å². The van der Waals surface area contributed by atoms with Crippen molar-refractivity contribution in [3.63, 3.8) is 0 Å². The van der Waals surface area contributed by atoms with Gasteiger partial charge in [0.25, 0.3) is 0 Å². The third-order valence-electron chi connectivity index (χ3n) is 5.59. The molecule has 0 unspecified atom stereocenters. The standard InChI is InChI=1S/C22H26OSi/c1-5-24(6-2)18-17-22(21(3,4)23-24,19-13-9-7-10-14-19)20-15-11-8-12-16-20/h5-16H,1-2,17-18H2,3-4H3. The van der Waals surface area contributed by atoms with E-state index in [1.165, 1.54) is 11.1 Å². The first-order valence-electron chi connectivity index (χ1n) is 8.58. The molecule has 1 saturated heterocycles. The minimum atomic E-state index is -2.09. The highest BCUT2D eigenvalue weighted by Crippen LogP contribution is 2.53. The summed E-state index contributed by atoms with van der Waals surface area (Å²) in [6.07, 6.45) is 1.04. The van der Waals surface area contributed by atoms with Gasteiger partial charge >= 0.3 is 0 Å². The number of hydrogen-bond acceptors (Lipinski definition) is 1. The molecule has 0 bridgehead atoms. The lowest BCUT2D eigenvalue weighted by atomic mass is 9.62. The molecule has 24 heavy (non-hydrogen) atoms. The van der Waals surface area contributed by atoms with Gasteiger partial charge in [-0.3, -0.25) is 0 Å². The molecule has 2 heteroatoms. The van der Waals surface area contributed by atoms with Gasteiger partial charge in [0, 0.05) is 5.41 Å². The quantitative estimate of drug-likeness (QED) is 0.664. The van der Waals surface area contributed by atoms with Crippen molar-refractivity contribution in [1.82, 2.24) is 0 Å². The minimum Gasteiger partial charge on any atom is -0.403 e. The molecule has 0 N–H and O–H groups in total. The summed E-state index contributed by atoms with van der Waals surface area (Å²) in [6.45, 7) is 12.5. The predicted octanol–water partition coefficient (Wildman–Crippen LogP) is 5.57. The molecule has 1 fully saturated rings. The number of hydrogen-bond donors (Lipinski definition) is 0. The highest BCUT2D eigenvalue weighted by atomic mass is 28.4. The van der Waals surface area contributed by atoms with Gasteiger partial charge < -0.3 is 4.43 Å². The Balaban J connectivity index is 2.21. The molecule has 1 heterocycles. The van der Waals surface area contributed by atoms with E-state index in [0.717, 1.165) is 12.5 Å². The van der Waals surface area contributed by atoms with Gasteiger partial charge in [-0.05, 0) is 37.4 Å². The first kappa shape index (κ1) is 16.9. The average Bonchev–Trinajstić information content (AvgIpc) is 2.62. The highest BCUT2D eigenvalue weighted by molar-refractivity contribution is 6.83. The maximum Gasteiger partial charge on any atom is 0.241 e. The molecule has 0 amide bonds. The van der Waals surface area contributed by atoms with Crippen LogP contribution in [0, 0.1) is 0 Å². The van der Waals surface area contributed by atoms with Crippen molar-refractivity contribution in [3.8, 4) is 0 Å². The second kappa shape index (κ2) is 6.19. The topological polar surface area (TPSA) is 9.23 Å². The van der Waals surface area contributed by atoms with Gasteiger partial charge in [-0.25, -0.2) is 0 Å². The van der Waals surface area contributed by atoms with E-state index in [9.17, 15) is 0 Å². The molecule has 0 aromatic heterocycles. The third kappa shape index (κ3) is 2.50. The van der Waals surface area contributed by atoms with Crippen molar-refractivity contribution >= 4 is 8.32 Å². The fraction of sp³-hybridized carbons (Fsp3) is 0.273. The van der Waals surface area contributed by atoms with Crippen LogP contribution in [0.25, 0.3) is 0 Å². The summed E-state index contributed by atoms with van der Waals surface area (Å²) in [7, 11) is -2.09. The first-order chi connectivity index (χ1) is 11.5. The van der Waals surface area contributed by atoms with Crippen LogP contribution in [0.1, 0.15) is 31.4 Å². The lowest BCUT2D eigenvalue weighted by Crippen LogP contribution is -2.60. The fourth-order valence-corrected chi connectivity index (χ4v) is 7.00. The van der Waals surface area contributed by atoms with Crippen molar-refractivity contribution < 1.29 is 4.43 Å². The van der Waals surface area contributed by atoms with Crippen LogP contribution in [0.4, 0.5) is 0 Å². The van der Waals surface area contributed by atoms with Crippen LogP contribution < -0.4 is 0 Å². The molecule has 1 nitrogen and oxygen atoms in total. The zero-order valence-electron chi connectivity index (χ0n) is 14.7. The molecule has 0 radical (unpaired) electrons. The van der Waals surface area contributed by atoms with Gasteiger partial charge in [-0.15, -0.1) is 13.2 Å². The number of rotatable bonds is 4. The summed E-state index contributed by atoms with van der Waals surface area (Å²) in [5, 5.41) is 0. The SMILES string of the molecule is C=C[Si]1(C=C)CCC(c2ccccc2)(c2ccccc2)C(C)(C)O1. The predicted molar refractivity (Wildman–Crippen MR) is 104 cm³/mol. The molecule has 2 aromatic carbocycles. The van der Waals surface area contributed by atoms with Crippen LogP contribution in [-0.2, 0) is 9.84 Å². The van der Waals surface area contributed by atoms with Gasteiger partial charge in [-0.1, -0.05) is 72.1 Å². The van der Waals surface area contributed by atoms with Crippen molar-refractivity contribution in [2.24, 2.45) is 0 Å². The van der Waals surface area contributed by atoms with Crippen LogP contribution >= 0.6 is 0 Å². The van der Waals surface area contributed by atoms with Crippen LogP contribution in [0.15, 0.2) is 85.2 Å². The van der Waals surface area contributed by atoms with Gasteiger partial charge in [-0.2, -0.15) is 0 Å². The lowest BCUT2D eigenvalue weighted by molar-refractivity contribution is 0.0118. The van der Waals surface area contributed by atoms with E-state index < -0.39 is 8.32 Å². The molecule has 2 aromatic rings. The maximum atomic E-state index is 6.79. The largest absolute Gasteiger partial charge is 0.403 e. The number of benzene rings is 2. The van der Waals surface area contributed by atoms with E-state index in [4.69, 9.17) is 4.43 Å². The zero-order valence-corrected chi connectivity index (χ0v) is 15.7. The molecule has 124 valence electrons. The zero-order chi connectivity index (χ0) is 17.3. The van der Waals surface area contributed by atoms with Gasteiger partial charge in [0.2, 0.25) is 8.32 Å². The Morgan fingerprint density at radius 3 is 1.71 bits per heavy atom. The van der Waals surface area contributed by atoms with E-state index in [1.807, 2.05) is 11.4 Å². The molecular formula is C22H26OSi. The van der Waals surface area contributed by atoms with Crippen LogP contribution in [0.5, 0.6) is 0 Å². The van der Waals surface area contributed by atoms with E-state index in [2.05, 4.69) is 87.7 Å². The summed E-state index contributed by atoms with van der Waals surface area (Å²) in [4.78, 5) is 0. The summed E-state index contributed by atoms with van der Waals surface area (Å²) in [6, 6.07) is 22.6. The van der Waals surface area contributed by atoms with Gasteiger partial charge in [0.05, 0.1) is 5.60 Å². The highest BCUT2D eigenvalue weighted by Gasteiger charge is 2.55. The maximum absolute atomic E-state index is 6.79. The third-order valence-corrected chi connectivity index (χ3v) is 8.89. The molecule has 0 atom stereocenters. The molecule has 1 aliphatic rings. The molecule has 0 aliphatic carbocycles. The van der Waals surface area contributed by atoms with Gasteiger partial charge in [0.1, 0.15) is 0 Å². The van der Waals surface area contributed by atoms with Crippen LogP contribution in [-0.4, -0.2) is 13.9 Å². The van der Waals surface area contributed by atoms with E-state index in [1.54, 1.807) is 0 Å². The van der Waals surface area contributed by atoms with E-state index in [0.29, 0.717) is 0 Å². The Morgan fingerprint density at radius 2 is 1.33 bits per heavy atom. The van der Waals surface area contributed by atoms with E-state index in [-0.39, 0.29) is 11.0 Å². The Bertz CT molecular complexity index is 671. The average molecular weight is 335 g/mol. The lowest BCUT2D eigenvalue weighted by Gasteiger charge is -2.55. The van der Waals surface area contributed by atoms with E-state index >= 15 is 0 Å². The Kier molecular flexibility index (Phi) is 4.37. The van der Waals surface area contributed by atoms with Crippen LogP contribution in [0.3, 0.4) is 0 Å². The van der Waals surface area contributed by atoms with Crippen molar-refractivity contribution in [3.05, 3.63) is 96.3 Å². The molecular weight excluding hydrogens is 308 g/mol. The minimum absolute atomic E-state index is 0.169. The second-order valence-corrected chi connectivity index (χ2v) is 10.5. The summed E-state index contributed by atoms with van der Waals surface area (Å²) in [5.74, 6) is 0. The van der Waals surface area contributed by atoms with Crippen LogP contribution in [0.2, 0.25) is 6.04 Å². The Labute approximate surface area is 146 Å². The molecule has 0 spiro atoms. The molecule has 1 aliphatic heterocycles. The summed E-state index contributed by atoms with van der Waals surface area (Å²) >= 11 is 0. The smallest absolute Gasteiger partial charge is 0.241 e. The first-order valence-corrected chi connectivity index (χ1v) is 10.9. The normalized spacial score (nSPS) is 20.9. The Morgan fingerprint density at radius 1 is 0.875 bits per heavy atom. The monoisotopic (exact) mass is 334 g/mol. The molecule has 0 saturated carbocycles. The molecule has 3 rings (SSSR count). The second-order valence-electron chi connectivity index (χ2n) is 7.11. The summed E-state index contributed by atoms with van der Waals surface area (Å²) < 4.78 is 6.79. The van der Waals surface area contributed by atoms with Crippen molar-refractivity contribution in [1.29, 1.82) is 0 Å².